The summed E-state index contributed by atoms with van der Waals surface area (Å²) in [6.45, 7) is -1.13. The number of benzene rings is 3. The van der Waals surface area contributed by atoms with Gasteiger partial charge in [-0.25, -0.2) is 0 Å². The summed E-state index contributed by atoms with van der Waals surface area (Å²) >= 11 is 0. The highest BCUT2D eigenvalue weighted by Gasteiger charge is 2.52. The minimum Gasteiger partial charge on any atom is -0.368 e. The molecule has 1 fully saturated rings. The van der Waals surface area contributed by atoms with E-state index in [-0.39, 0.29) is 33.4 Å². The summed E-state index contributed by atoms with van der Waals surface area (Å²) in [6.07, 6.45) is -5.95. The van der Waals surface area contributed by atoms with E-state index in [1.54, 1.807) is 24.3 Å². The van der Waals surface area contributed by atoms with Crippen molar-refractivity contribution in [3.8, 4) is 0 Å². The lowest BCUT2D eigenvalue weighted by Gasteiger charge is -2.45. The van der Waals surface area contributed by atoms with E-state index in [1.165, 1.54) is 7.11 Å². The van der Waals surface area contributed by atoms with Crippen molar-refractivity contribution in [1.82, 2.24) is 0 Å². The van der Waals surface area contributed by atoms with Crippen molar-refractivity contribution in [2.45, 2.75) is 56.0 Å². The number of methoxy groups -OCH3 is 1. The molecule has 0 N–H and O–H groups in total. The molecule has 1 aliphatic heterocycles. The number of ether oxygens (including phenoxy) is 7. The second-order valence-corrected chi connectivity index (χ2v) is 11.5. The van der Waals surface area contributed by atoms with E-state index in [2.05, 4.69) is 4.18 Å². The van der Waals surface area contributed by atoms with Gasteiger partial charge in [0.2, 0.25) is 0 Å². The standard InChI is InChI=1S/C31H35F3O10S/c1-37-30-29(42-22-39-18-24-13-7-3-8-14-24)28(41-21-38-17-23-11-5-2-6-12-23)27(40-19-25-15-9-4-10-16-25)26(44-30)20-43-45(35,36)31(32,33)34/h2-16,26-30H,17-22H2,1H3/t26-,27-,28+,29-,30+/m1/s1. The Hall–Kier alpha value is -2.92. The minimum absolute atomic E-state index is 0.0169. The third-order valence-corrected chi connectivity index (χ3v) is 7.70. The molecule has 5 atom stereocenters. The lowest BCUT2D eigenvalue weighted by molar-refractivity contribution is -0.334. The molecule has 0 radical (unpaired) electrons. The first-order chi connectivity index (χ1) is 21.7. The topological polar surface area (TPSA) is 108 Å². The zero-order valence-corrected chi connectivity index (χ0v) is 25.2. The zero-order valence-electron chi connectivity index (χ0n) is 24.4. The average molecular weight is 657 g/mol. The Morgan fingerprint density at radius 2 is 1.13 bits per heavy atom. The van der Waals surface area contributed by atoms with Crippen molar-refractivity contribution in [2.75, 3.05) is 27.3 Å². The van der Waals surface area contributed by atoms with Crippen LogP contribution >= 0.6 is 0 Å². The van der Waals surface area contributed by atoms with Crippen LogP contribution in [0.3, 0.4) is 0 Å². The highest BCUT2D eigenvalue weighted by molar-refractivity contribution is 7.87. The van der Waals surface area contributed by atoms with Crippen LogP contribution in [0.25, 0.3) is 0 Å². The summed E-state index contributed by atoms with van der Waals surface area (Å²) in [6, 6.07) is 27.6. The van der Waals surface area contributed by atoms with Crippen molar-refractivity contribution in [3.63, 3.8) is 0 Å². The molecule has 0 aromatic heterocycles. The van der Waals surface area contributed by atoms with Crippen LogP contribution in [-0.4, -0.2) is 71.9 Å². The minimum atomic E-state index is -5.93. The van der Waals surface area contributed by atoms with Crippen molar-refractivity contribution in [1.29, 1.82) is 0 Å². The van der Waals surface area contributed by atoms with E-state index in [9.17, 15) is 21.6 Å². The molecular weight excluding hydrogens is 621 g/mol. The average Bonchev–Trinajstić information content (AvgIpc) is 3.04. The number of alkyl halides is 3. The van der Waals surface area contributed by atoms with E-state index in [0.29, 0.717) is 0 Å². The summed E-state index contributed by atoms with van der Waals surface area (Å²) in [7, 11) is -4.64. The van der Waals surface area contributed by atoms with Crippen molar-refractivity contribution in [2.24, 2.45) is 0 Å². The van der Waals surface area contributed by atoms with E-state index >= 15 is 0 Å². The molecule has 10 nitrogen and oxygen atoms in total. The summed E-state index contributed by atoms with van der Waals surface area (Å²) in [5.41, 5.74) is -3.12. The maximum Gasteiger partial charge on any atom is 0.523 e. The molecule has 1 heterocycles. The largest absolute Gasteiger partial charge is 0.523 e. The number of rotatable bonds is 17. The Morgan fingerprint density at radius 3 is 1.60 bits per heavy atom. The number of halogens is 3. The molecule has 0 bridgehead atoms. The van der Waals surface area contributed by atoms with Crippen molar-refractivity contribution >= 4 is 10.1 Å². The van der Waals surface area contributed by atoms with Crippen LogP contribution in [0, 0.1) is 0 Å². The first-order valence-electron chi connectivity index (χ1n) is 13.9. The highest BCUT2D eigenvalue weighted by Crippen LogP contribution is 2.32. The first kappa shape index (κ1) is 34.9. The van der Waals surface area contributed by atoms with Gasteiger partial charge in [0.25, 0.3) is 0 Å². The second kappa shape index (κ2) is 17.1. The van der Waals surface area contributed by atoms with Crippen molar-refractivity contribution in [3.05, 3.63) is 108 Å². The Kier molecular flexibility index (Phi) is 13.3. The van der Waals surface area contributed by atoms with Crippen LogP contribution in [0.5, 0.6) is 0 Å². The maximum absolute atomic E-state index is 13.1. The van der Waals surface area contributed by atoms with Crippen LogP contribution < -0.4 is 0 Å². The Balaban J connectivity index is 1.54. The number of hydrogen-bond donors (Lipinski definition) is 0. The molecule has 4 rings (SSSR count). The van der Waals surface area contributed by atoms with E-state index in [4.69, 9.17) is 33.2 Å². The van der Waals surface area contributed by atoms with Crippen LogP contribution in [0.2, 0.25) is 0 Å². The first-order valence-corrected chi connectivity index (χ1v) is 15.3. The Morgan fingerprint density at radius 1 is 0.667 bits per heavy atom. The van der Waals surface area contributed by atoms with Gasteiger partial charge in [0.05, 0.1) is 26.4 Å². The van der Waals surface area contributed by atoms with E-state index < -0.39 is 52.9 Å². The quantitative estimate of drug-likeness (QED) is 0.0860. The fourth-order valence-electron chi connectivity index (χ4n) is 4.48. The van der Waals surface area contributed by atoms with Gasteiger partial charge >= 0.3 is 15.6 Å². The van der Waals surface area contributed by atoms with Gasteiger partial charge in [-0.15, -0.1) is 0 Å². The molecule has 3 aromatic carbocycles. The third-order valence-electron chi connectivity index (χ3n) is 6.69. The molecule has 1 saturated heterocycles. The molecule has 0 aliphatic carbocycles. The van der Waals surface area contributed by atoms with Gasteiger partial charge in [0.1, 0.15) is 38.0 Å². The van der Waals surface area contributed by atoms with Gasteiger partial charge in [-0.05, 0) is 16.7 Å². The van der Waals surface area contributed by atoms with E-state index in [1.807, 2.05) is 66.7 Å². The molecule has 0 saturated carbocycles. The second-order valence-electron chi connectivity index (χ2n) is 9.89. The van der Waals surface area contributed by atoms with Crippen LogP contribution in [0.1, 0.15) is 16.7 Å². The summed E-state index contributed by atoms with van der Waals surface area (Å²) in [5, 5.41) is 0. The van der Waals surface area contributed by atoms with Crippen LogP contribution in [-0.2, 0) is 67.3 Å². The van der Waals surface area contributed by atoms with E-state index in [0.717, 1.165) is 16.7 Å². The lowest BCUT2D eigenvalue weighted by atomic mass is 9.98. The molecule has 3 aromatic rings. The fourth-order valence-corrected chi connectivity index (χ4v) is 4.93. The fraction of sp³-hybridized carbons (Fsp3) is 0.419. The molecule has 1 aliphatic rings. The van der Waals surface area contributed by atoms with Gasteiger partial charge < -0.3 is 33.2 Å². The van der Waals surface area contributed by atoms with Gasteiger partial charge in [0, 0.05) is 7.11 Å². The maximum atomic E-state index is 13.1. The van der Waals surface area contributed by atoms with Gasteiger partial charge in [-0.2, -0.15) is 21.6 Å². The molecule has 0 unspecified atom stereocenters. The lowest BCUT2D eigenvalue weighted by Crippen LogP contribution is -2.62. The van der Waals surface area contributed by atoms with Crippen molar-refractivity contribution < 1.29 is 58.9 Å². The summed E-state index contributed by atoms with van der Waals surface area (Å²) < 4.78 is 108. The molecule has 0 amide bonds. The number of hydrogen-bond acceptors (Lipinski definition) is 10. The zero-order chi connectivity index (χ0) is 32.1. The molecular formula is C31H35F3O10S. The third kappa shape index (κ3) is 10.6. The van der Waals surface area contributed by atoms with Crippen LogP contribution in [0.4, 0.5) is 13.2 Å². The normalized spacial score (nSPS) is 22.4. The monoisotopic (exact) mass is 656 g/mol. The Bertz CT molecular complexity index is 1360. The molecule has 246 valence electrons. The van der Waals surface area contributed by atoms with Gasteiger partial charge in [0.15, 0.2) is 6.29 Å². The highest BCUT2D eigenvalue weighted by atomic mass is 32.2. The van der Waals surface area contributed by atoms with Gasteiger partial charge in [-0.3, -0.25) is 4.18 Å². The predicted octanol–water partition coefficient (Wildman–Crippen LogP) is 4.93. The SMILES string of the molecule is CO[C@H]1O[C@H](COS(=O)(=O)C(F)(F)F)[C@@H](OCc2ccccc2)[C@H](OCOCc2ccccc2)[C@H]1OCOCc1ccccc1. The summed E-state index contributed by atoms with van der Waals surface area (Å²) in [5.74, 6) is 0. The summed E-state index contributed by atoms with van der Waals surface area (Å²) in [4.78, 5) is 0. The van der Waals surface area contributed by atoms with Crippen LogP contribution in [0.15, 0.2) is 91.0 Å². The smallest absolute Gasteiger partial charge is 0.368 e. The molecule has 0 spiro atoms. The molecule has 45 heavy (non-hydrogen) atoms. The molecule has 14 heteroatoms. The predicted molar refractivity (Wildman–Crippen MR) is 154 cm³/mol. The Labute approximate surface area is 260 Å². The van der Waals surface area contributed by atoms with Gasteiger partial charge in [-0.1, -0.05) is 91.0 Å².